The number of aromatic carboxylic acids is 1. The molecular weight excluding hydrogens is 346 g/mol. The predicted molar refractivity (Wildman–Crippen MR) is 95.0 cm³/mol. The zero-order chi connectivity index (χ0) is 17.1. The number of hydrogen-bond donors (Lipinski definition) is 1. The lowest BCUT2D eigenvalue weighted by Crippen LogP contribution is -1.98. The second-order valence-electron chi connectivity index (χ2n) is 5.26. The third-order valence-electron chi connectivity index (χ3n) is 3.37. The zero-order valence-corrected chi connectivity index (χ0v) is 14.4. The molecule has 122 valence electrons. The molecule has 1 aromatic heterocycles. The summed E-state index contributed by atoms with van der Waals surface area (Å²) in [6.45, 7) is 2.44. The van der Waals surface area contributed by atoms with E-state index in [-0.39, 0.29) is 5.69 Å². The first-order valence-electron chi connectivity index (χ1n) is 7.20. The molecule has 4 nitrogen and oxygen atoms in total. The first kappa shape index (κ1) is 16.5. The predicted octanol–water partition coefficient (Wildman–Crippen LogP) is 5.05. The Bertz CT molecular complexity index is 891. The number of carboxylic acids is 1. The highest BCUT2D eigenvalue weighted by Crippen LogP contribution is 2.35. The highest BCUT2D eigenvalue weighted by molar-refractivity contribution is 7.13. The largest absolute Gasteiger partial charge is 0.488 e. The molecule has 0 bridgehead atoms. The van der Waals surface area contributed by atoms with Crippen LogP contribution in [0.2, 0.25) is 5.02 Å². The summed E-state index contributed by atoms with van der Waals surface area (Å²) >= 11 is 7.33. The maximum atomic E-state index is 11.0. The van der Waals surface area contributed by atoms with Crippen molar-refractivity contribution in [2.45, 2.75) is 13.5 Å². The fraction of sp³-hybridized carbons (Fsp3) is 0.111. The van der Waals surface area contributed by atoms with Crippen LogP contribution in [0.5, 0.6) is 5.75 Å². The van der Waals surface area contributed by atoms with Crippen molar-refractivity contribution in [3.8, 4) is 16.3 Å². The third-order valence-corrected chi connectivity index (χ3v) is 4.48. The average Bonchev–Trinajstić information content (AvgIpc) is 3.04. The Balaban J connectivity index is 1.89. The van der Waals surface area contributed by atoms with E-state index in [1.165, 1.54) is 22.3 Å². The van der Waals surface area contributed by atoms with Gasteiger partial charge in [-0.2, -0.15) is 0 Å². The molecular formula is C18H14ClNO3S. The quantitative estimate of drug-likeness (QED) is 0.692. The molecule has 6 heteroatoms. The minimum atomic E-state index is -1.05. The molecule has 1 N–H and O–H groups in total. The van der Waals surface area contributed by atoms with Gasteiger partial charge in [-0.1, -0.05) is 41.4 Å². The number of benzene rings is 2. The van der Waals surface area contributed by atoms with Crippen molar-refractivity contribution in [2.24, 2.45) is 0 Å². The molecule has 0 spiro atoms. The van der Waals surface area contributed by atoms with E-state index in [2.05, 4.69) is 11.1 Å². The van der Waals surface area contributed by atoms with E-state index in [0.29, 0.717) is 28.0 Å². The molecule has 1 heterocycles. The van der Waals surface area contributed by atoms with Crippen LogP contribution in [0.1, 0.15) is 21.6 Å². The molecule has 24 heavy (non-hydrogen) atoms. The molecule has 0 aliphatic heterocycles. The lowest BCUT2D eigenvalue weighted by molar-refractivity contribution is 0.0691. The van der Waals surface area contributed by atoms with E-state index in [0.717, 1.165) is 5.56 Å². The van der Waals surface area contributed by atoms with Crippen LogP contribution in [-0.2, 0) is 6.61 Å². The molecule has 0 saturated heterocycles. The number of halogens is 1. The van der Waals surface area contributed by atoms with Crippen LogP contribution in [0.25, 0.3) is 10.6 Å². The van der Waals surface area contributed by atoms with E-state index in [1.807, 2.05) is 25.1 Å². The van der Waals surface area contributed by atoms with Gasteiger partial charge in [0.1, 0.15) is 17.4 Å². The Morgan fingerprint density at radius 2 is 2.12 bits per heavy atom. The summed E-state index contributed by atoms with van der Waals surface area (Å²) < 4.78 is 5.92. The summed E-state index contributed by atoms with van der Waals surface area (Å²) in [5.41, 5.74) is 2.92. The third kappa shape index (κ3) is 3.75. The molecule has 3 rings (SSSR count). The molecule has 0 amide bonds. The Morgan fingerprint density at radius 3 is 2.83 bits per heavy atom. The van der Waals surface area contributed by atoms with Gasteiger partial charge in [0.25, 0.3) is 0 Å². The van der Waals surface area contributed by atoms with Gasteiger partial charge in [-0.15, -0.1) is 11.3 Å². The van der Waals surface area contributed by atoms with Crippen molar-refractivity contribution in [2.75, 3.05) is 0 Å². The molecule has 0 saturated carbocycles. The smallest absolute Gasteiger partial charge is 0.355 e. The molecule has 0 aliphatic carbocycles. The summed E-state index contributed by atoms with van der Waals surface area (Å²) in [6.07, 6.45) is 0. The fourth-order valence-corrected chi connectivity index (χ4v) is 3.24. The summed E-state index contributed by atoms with van der Waals surface area (Å²) in [7, 11) is 0. The lowest BCUT2D eigenvalue weighted by Gasteiger charge is -2.11. The van der Waals surface area contributed by atoms with Gasteiger partial charge in [-0.05, 0) is 30.7 Å². The Kier molecular flexibility index (Phi) is 4.83. The van der Waals surface area contributed by atoms with Gasteiger partial charge in [0.2, 0.25) is 0 Å². The minimum absolute atomic E-state index is 0.0135. The highest BCUT2D eigenvalue weighted by atomic mass is 35.5. The van der Waals surface area contributed by atoms with Crippen molar-refractivity contribution in [3.63, 3.8) is 0 Å². The number of hydrogen-bond acceptors (Lipinski definition) is 4. The van der Waals surface area contributed by atoms with Crippen molar-refractivity contribution in [3.05, 3.63) is 69.7 Å². The standard InChI is InChI=1S/C18H14ClNO3S/c1-11-3-2-4-12(7-11)9-23-16-6-5-13(19)8-14(16)17-20-15(10-24-17)18(21)22/h2-8,10H,9H2,1H3,(H,21,22). The van der Waals surface area contributed by atoms with Crippen molar-refractivity contribution in [1.29, 1.82) is 0 Å². The van der Waals surface area contributed by atoms with E-state index in [9.17, 15) is 4.79 Å². The Hall–Kier alpha value is -2.37. The molecule has 0 fully saturated rings. The summed E-state index contributed by atoms with van der Waals surface area (Å²) in [4.78, 5) is 15.2. The normalized spacial score (nSPS) is 10.6. The van der Waals surface area contributed by atoms with Gasteiger partial charge in [-0.25, -0.2) is 9.78 Å². The molecule has 0 radical (unpaired) electrons. The number of aryl methyl sites for hydroxylation is 1. The SMILES string of the molecule is Cc1cccc(COc2ccc(Cl)cc2-c2nc(C(=O)O)cs2)c1. The fourth-order valence-electron chi connectivity index (χ4n) is 2.25. The van der Waals surface area contributed by atoms with E-state index in [4.69, 9.17) is 21.4 Å². The maximum absolute atomic E-state index is 11.0. The topological polar surface area (TPSA) is 59.4 Å². The number of nitrogens with zero attached hydrogens (tertiary/aromatic N) is 1. The maximum Gasteiger partial charge on any atom is 0.355 e. The van der Waals surface area contributed by atoms with Crippen LogP contribution in [0.3, 0.4) is 0 Å². The van der Waals surface area contributed by atoms with Crippen molar-refractivity contribution < 1.29 is 14.6 Å². The van der Waals surface area contributed by atoms with Crippen LogP contribution in [0.15, 0.2) is 47.8 Å². The number of rotatable bonds is 5. The molecule has 0 atom stereocenters. The summed E-state index contributed by atoms with van der Waals surface area (Å²) in [6, 6.07) is 13.3. The molecule has 3 aromatic rings. The van der Waals surface area contributed by atoms with Gasteiger partial charge in [0.05, 0.1) is 5.56 Å². The second kappa shape index (κ2) is 7.03. The summed E-state index contributed by atoms with van der Waals surface area (Å²) in [5.74, 6) is -0.436. The Labute approximate surface area is 148 Å². The monoisotopic (exact) mass is 359 g/mol. The van der Waals surface area contributed by atoms with Crippen molar-refractivity contribution >= 4 is 28.9 Å². The van der Waals surface area contributed by atoms with Crippen LogP contribution in [0.4, 0.5) is 0 Å². The minimum Gasteiger partial charge on any atom is -0.488 e. The molecule has 0 aliphatic rings. The van der Waals surface area contributed by atoms with E-state index in [1.54, 1.807) is 18.2 Å². The summed E-state index contributed by atoms with van der Waals surface area (Å²) in [5, 5.41) is 11.6. The Morgan fingerprint density at radius 1 is 1.29 bits per heavy atom. The van der Waals surface area contributed by atoms with Gasteiger partial charge >= 0.3 is 5.97 Å². The van der Waals surface area contributed by atoms with Crippen LogP contribution in [-0.4, -0.2) is 16.1 Å². The van der Waals surface area contributed by atoms with Gasteiger partial charge < -0.3 is 9.84 Å². The van der Waals surface area contributed by atoms with E-state index >= 15 is 0 Å². The lowest BCUT2D eigenvalue weighted by atomic mass is 10.1. The molecule has 2 aromatic carbocycles. The van der Waals surface area contributed by atoms with Crippen LogP contribution >= 0.6 is 22.9 Å². The number of carbonyl (C=O) groups is 1. The average molecular weight is 360 g/mol. The van der Waals surface area contributed by atoms with Crippen LogP contribution < -0.4 is 4.74 Å². The second-order valence-corrected chi connectivity index (χ2v) is 6.56. The zero-order valence-electron chi connectivity index (χ0n) is 12.8. The van der Waals surface area contributed by atoms with Crippen molar-refractivity contribution in [1.82, 2.24) is 4.98 Å². The number of aromatic nitrogens is 1. The van der Waals surface area contributed by atoms with Gasteiger partial charge in [0.15, 0.2) is 5.69 Å². The van der Waals surface area contributed by atoms with E-state index < -0.39 is 5.97 Å². The van der Waals surface area contributed by atoms with Crippen LogP contribution in [0, 0.1) is 6.92 Å². The first-order valence-corrected chi connectivity index (χ1v) is 8.46. The number of thiazole rings is 1. The number of ether oxygens (including phenoxy) is 1. The van der Waals surface area contributed by atoms with Gasteiger partial charge in [0, 0.05) is 10.4 Å². The van der Waals surface area contributed by atoms with Gasteiger partial charge in [-0.3, -0.25) is 0 Å². The highest BCUT2D eigenvalue weighted by Gasteiger charge is 2.14. The number of carboxylic acid groups (broad SMARTS) is 1. The first-order chi connectivity index (χ1) is 11.5. The molecule has 0 unspecified atom stereocenters.